The summed E-state index contributed by atoms with van der Waals surface area (Å²) >= 11 is 0. The Balaban J connectivity index is 1.43. The number of ether oxygens (including phenoxy) is 1. The number of hydrogen-bond donors (Lipinski definition) is 2. The fourth-order valence-electron chi connectivity index (χ4n) is 3.74. The first kappa shape index (κ1) is 19.2. The van der Waals surface area contributed by atoms with Crippen LogP contribution in [-0.2, 0) is 6.54 Å². The summed E-state index contributed by atoms with van der Waals surface area (Å²) in [6.45, 7) is 3.24. The maximum atomic E-state index is 12.5. The monoisotopic (exact) mass is 387 g/mol. The number of nitrogens with one attached hydrogen (secondary N) is 1. The molecule has 0 radical (unpaired) electrons. The second-order valence-corrected chi connectivity index (χ2v) is 7.56. The third-order valence-electron chi connectivity index (χ3n) is 5.38. The number of carbonyl (C=O) groups excluding carboxylic acids is 1. The quantitative estimate of drug-likeness (QED) is 0.296. The van der Waals surface area contributed by atoms with E-state index in [2.05, 4.69) is 4.90 Å². The number of nitrogens with two attached hydrogens (primary N) is 1. The maximum absolute atomic E-state index is 12.5. The molecule has 0 aliphatic carbocycles. The van der Waals surface area contributed by atoms with Crippen molar-refractivity contribution in [2.75, 3.05) is 13.1 Å². The second kappa shape index (κ2) is 8.45. The molecule has 1 aliphatic heterocycles. The van der Waals surface area contributed by atoms with Gasteiger partial charge in [0.2, 0.25) is 0 Å². The summed E-state index contributed by atoms with van der Waals surface area (Å²) in [6.07, 6.45) is 3.87. The van der Waals surface area contributed by atoms with Crippen molar-refractivity contribution in [1.82, 2.24) is 4.90 Å². The predicted octanol–water partition coefficient (Wildman–Crippen LogP) is 4.33. The van der Waals surface area contributed by atoms with Crippen molar-refractivity contribution in [3.8, 4) is 5.75 Å². The smallest absolute Gasteiger partial charge is 0.343 e. The lowest BCUT2D eigenvalue weighted by atomic mass is 10.1. The first-order valence-electron chi connectivity index (χ1n) is 10.0. The molecule has 1 heterocycles. The van der Waals surface area contributed by atoms with Crippen LogP contribution in [0.15, 0.2) is 60.7 Å². The van der Waals surface area contributed by atoms with Crippen LogP contribution in [-0.4, -0.2) is 29.8 Å². The molecule has 0 saturated carbocycles. The number of nitrogen functional groups attached to an aromatic ring is 1. The average molecular weight is 387 g/mol. The highest BCUT2D eigenvalue weighted by molar-refractivity contribution is 5.99. The van der Waals surface area contributed by atoms with Crippen LogP contribution in [0.1, 0.15) is 40.7 Å². The normalized spacial score (nSPS) is 14.6. The van der Waals surface area contributed by atoms with Gasteiger partial charge in [0.05, 0.1) is 5.56 Å². The fourth-order valence-corrected chi connectivity index (χ4v) is 3.74. The van der Waals surface area contributed by atoms with E-state index >= 15 is 0 Å². The number of likely N-dealkylation sites (tertiary alicyclic amines) is 1. The zero-order valence-corrected chi connectivity index (χ0v) is 16.4. The summed E-state index contributed by atoms with van der Waals surface area (Å²) in [7, 11) is 0. The maximum Gasteiger partial charge on any atom is 0.343 e. The molecule has 148 valence electrons. The van der Waals surface area contributed by atoms with Gasteiger partial charge >= 0.3 is 5.97 Å². The fraction of sp³-hybridized carbons (Fsp3) is 0.250. The Hall–Kier alpha value is -3.18. The minimum absolute atomic E-state index is 0.0335. The van der Waals surface area contributed by atoms with E-state index in [1.54, 1.807) is 12.1 Å². The molecular weight excluding hydrogens is 362 g/mol. The minimum atomic E-state index is -0.366. The summed E-state index contributed by atoms with van der Waals surface area (Å²) < 4.78 is 5.56. The van der Waals surface area contributed by atoms with E-state index < -0.39 is 0 Å². The topological polar surface area (TPSA) is 79.4 Å². The molecule has 0 amide bonds. The van der Waals surface area contributed by atoms with Gasteiger partial charge in [-0.05, 0) is 72.6 Å². The first-order valence-corrected chi connectivity index (χ1v) is 10.0. The number of benzene rings is 3. The highest BCUT2D eigenvalue weighted by atomic mass is 16.5. The Labute approximate surface area is 170 Å². The molecule has 0 atom stereocenters. The Morgan fingerprint density at radius 2 is 1.55 bits per heavy atom. The molecule has 1 aliphatic rings. The van der Waals surface area contributed by atoms with Crippen molar-refractivity contribution in [2.24, 2.45) is 5.73 Å². The molecule has 5 nitrogen and oxygen atoms in total. The van der Waals surface area contributed by atoms with Gasteiger partial charge in [-0.3, -0.25) is 10.3 Å². The molecular formula is C24H25N3O2. The number of esters is 1. The molecule has 0 unspecified atom stereocenters. The predicted molar refractivity (Wildman–Crippen MR) is 115 cm³/mol. The second-order valence-electron chi connectivity index (χ2n) is 7.56. The third kappa shape index (κ3) is 4.63. The average Bonchev–Trinajstić information content (AvgIpc) is 2.74. The molecule has 3 aromatic carbocycles. The van der Waals surface area contributed by atoms with Gasteiger partial charge in [0.25, 0.3) is 0 Å². The SMILES string of the molecule is N=C(N)c1ccc2cc(OC(=O)c3ccc(CN4CCCCC4)cc3)ccc2c1. The molecule has 0 spiro atoms. The first-order chi connectivity index (χ1) is 14.1. The zero-order chi connectivity index (χ0) is 20.2. The van der Waals surface area contributed by atoms with Crippen LogP contribution < -0.4 is 10.5 Å². The zero-order valence-electron chi connectivity index (χ0n) is 16.4. The standard InChI is InChI=1S/C24H25N3O2/c25-23(26)21-9-8-20-15-22(11-10-19(20)14-21)29-24(28)18-6-4-17(5-7-18)16-27-12-2-1-3-13-27/h4-11,14-15H,1-3,12-13,16H2,(H3,25,26). The number of rotatable bonds is 5. The van der Waals surface area contributed by atoms with Crippen LogP contribution in [0, 0.1) is 5.41 Å². The van der Waals surface area contributed by atoms with E-state index in [0.717, 1.165) is 30.4 Å². The molecule has 0 aromatic heterocycles. The lowest BCUT2D eigenvalue weighted by Gasteiger charge is -2.26. The van der Waals surface area contributed by atoms with E-state index in [4.69, 9.17) is 15.9 Å². The minimum Gasteiger partial charge on any atom is -0.423 e. The van der Waals surface area contributed by atoms with Crippen molar-refractivity contribution >= 4 is 22.6 Å². The van der Waals surface area contributed by atoms with Crippen molar-refractivity contribution < 1.29 is 9.53 Å². The molecule has 0 bridgehead atoms. The summed E-state index contributed by atoms with van der Waals surface area (Å²) in [4.78, 5) is 15.0. The molecule has 3 aromatic rings. The number of nitrogens with zero attached hydrogens (tertiary/aromatic N) is 1. The van der Waals surface area contributed by atoms with Gasteiger partial charge in [0, 0.05) is 12.1 Å². The van der Waals surface area contributed by atoms with Crippen LogP contribution in [0.3, 0.4) is 0 Å². The number of piperidine rings is 1. The van der Waals surface area contributed by atoms with Gasteiger partial charge < -0.3 is 10.5 Å². The van der Waals surface area contributed by atoms with Crippen LogP contribution in [0.4, 0.5) is 0 Å². The summed E-state index contributed by atoms with van der Waals surface area (Å²) in [5, 5.41) is 9.41. The van der Waals surface area contributed by atoms with Crippen LogP contribution in [0.25, 0.3) is 10.8 Å². The lowest BCUT2D eigenvalue weighted by molar-refractivity contribution is 0.0735. The largest absolute Gasteiger partial charge is 0.423 e. The molecule has 1 saturated heterocycles. The van der Waals surface area contributed by atoms with Gasteiger partial charge in [-0.15, -0.1) is 0 Å². The van der Waals surface area contributed by atoms with Gasteiger partial charge in [0.1, 0.15) is 11.6 Å². The van der Waals surface area contributed by atoms with Gasteiger partial charge in [-0.25, -0.2) is 4.79 Å². The van der Waals surface area contributed by atoms with Crippen LogP contribution in [0.5, 0.6) is 5.75 Å². The third-order valence-corrected chi connectivity index (χ3v) is 5.38. The number of amidine groups is 1. The van der Waals surface area contributed by atoms with Gasteiger partial charge in [-0.1, -0.05) is 36.8 Å². The molecule has 5 heteroatoms. The van der Waals surface area contributed by atoms with E-state index in [0.29, 0.717) is 16.9 Å². The van der Waals surface area contributed by atoms with Gasteiger partial charge in [-0.2, -0.15) is 0 Å². The van der Waals surface area contributed by atoms with Crippen LogP contribution in [0.2, 0.25) is 0 Å². The summed E-state index contributed by atoms with van der Waals surface area (Å²) in [5.74, 6) is 0.163. The number of hydrogen-bond acceptors (Lipinski definition) is 4. The summed E-state index contributed by atoms with van der Waals surface area (Å²) in [6, 6.07) is 18.6. The number of carbonyl (C=O) groups is 1. The van der Waals surface area contributed by atoms with Crippen molar-refractivity contribution in [3.63, 3.8) is 0 Å². The van der Waals surface area contributed by atoms with Crippen LogP contribution >= 0.6 is 0 Å². The van der Waals surface area contributed by atoms with E-state index in [1.807, 2.05) is 48.5 Å². The molecule has 1 fully saturated rings. The summed E-state index contributed by atoms with van der Waals surface area (Å²) in [5.41, 5.74) is 7.97. The van der Waals surface area contributed by atoms with Crippen molar-refractivity contribution in [2.45, 2.75) is 25.8 Å². The van der Waals surface area contributed by atoms with E-state index in [9.17, 15) is 4.79 Å². The molecule has 29 heavy (non-hydrogen) atoms. The van der Waals surface area contributed by atoms with Crippen molar-refractivity contribution in [1.29, 1.82) is 5.41 Å². The Bertz CT molecular complexity index is 1040. The molecule has 3 N–H and O–H groups in total. The highest BCUT2D eigenvalue weighted by Crippen LogP contribution is 2.23. The lowest BCUT2D eigenvalue weighted by Crippen LogP contribution is -2.29. The van der Waals surface area contributed by atoms with Gasteiger partial charge in [0.15, 0.2) is 0 Å². The van der Waals surface area contributed by atoms with E-state index in [1.165, 1.54) is 24.8 Å². The van der Waals surface area contributed by atoms with E-state index in [-0.39, 0.29) is 11.8 Å². The highest BCUT2D eigenvalue weighted by Gasteiger charge is 2.12. The molecule has 4 rings (SSSR count). The number of fused-ring (bicyclic) bond motifs is 1. The Kier molecular flexibility index (Phi) is 5.58. The Morgan fingerprint density at radius 1 is 0.897 bits per heavy atom. The Morgan fingerprint density at radius 3 is 2.28 bits per heavy atom. The van der Waals surface area contributed by atoms with Crippen molar-refractivity contribution in [3.05, 3.63) is 77.4 Å².